The smallest absolute Gasteiger partial charge is 0.409 e. The number of carbonyl (C=O) groups is 2. The van der Waals surface area contributed by atoms with Crippen molar-refractivity contribution in [1.82, 2.24) is 24.8 Å². The lowest BCUT2D eigenvalue weighted by molar-refractivity contribution is -0.119. The highest BCUT2D eigenvalue weighted by Gasteiger charge is 2.25. The third kappa shape index (κ3) is 5.39. The van der Waals surface area contributed by atoms with E-state index in [4.69, 9.17) is 4.74 Å². The van der Waals surface area contributed by atoms with E-state index in [9.17, 15) is 14.4 Å². The molecule has 0 bridgehead atoms. The fourth-order valence-electron chi connectivity index (χ4n) is 3.87. The molecule has 9 nitrogen and oxygen atoms in total. The van der Waals surface area contributed by atoms with Crippen LogP contribution < -0.4 is 10.9 Å². The van der Waals surface area contributed by atoms with Crippen LogP contribution in [0.15, 0.2) is 52.5 Å². The van der Waals surface area contributed by atoms with Crippen LogP contribution in [0.3, 0.4) is 0 Å². The Bertz CT molecular complexity index is 1250. The van der Waals surface area contributed by atoms with Gasteiger partial charge in [-0.1, -0.05) is 23.9 Å². The molecule has 3 heterocycles. The minimum Gasteiger partial charge on any atom is -0.450 e. The molecule has 0 unspecified atom stereocenters. The second kappa shape index (κ2) is 10.7. The number of carbonyl (C=O) groups excluding carboxylic acids is 2. The monoisotopic (exact) mass is 481 g/mol. The van der Waals surface area contributed by atoms with Crippen molar-refractivity contribution in [2.24, 2.45) is 0 Å². The number of ether oxygens (including phenoxy) is 1. The maximum absolute atomic E-state index is 13.3. The highest BCUT2D eigenvalue weighted by atomic mass is 32.2. The first kappa shape index (κ1) is 23.7. The van der Waals surface area contributed by atoms with Crippen molar-refractivity contribution < 1.29 is 14.3 Å². The normalized spacial score (nSPS) is 14.2. The van der Waals surface area contributed by atoms with Crippen LogP contribution in [-0.2, 0) is 9.53 Å². The van der Waals surface area contributed by atoms with Gasteiger partial charge in [0.05, 0.1) is 23.3 Å². The summed E-state index contributed by atoms with van der Waals surface area (Å²) in [4.78, 5) is 48.5. The third-order valence-electron chi connectivity index (χ3n) is 5.59. The fraction of sp³-hybridized carbons (Fsp3) is 0.375. The first-order valence-electron chi connectivity index (χ1n) is 11.2. The van der Waals surface area contributed by atoms with Crippen LogP contribution in [-0.4, -0.2) is 62.9 Å². The Balaban J connectivity index is 1.47. The average molecular weight is 482 g/mol. The number of para-hydroxylation sites is 1. The van der Waals surface area contributed by atoms with Crippen LogP contribution in [0.1, 0.15) is 25.3 Å². The summed E-state index contributed by atoms with van der Waals surface area (Å²) >= 11 is 1.20. The van der Waals surface area contributed by atoms with E-state index in [1.807, 2.05) is 25.1 Å². The number of benzene rings is 1. The predicted octanol–water partition coefficient (Wildman–Crippen LogP) is 2.92. The number of amides is 2. The molecule has 10 heteroatoms. The molecule has 34 heavy (non-hydrogen) atoms. The van der Waals surface area contributed by atoms with Gasteiger partial charge in [-0.2, -0.15) is 0 Å². The largest absolute Gasteiger partial charge is 0.450 e. The Morgan fingerprint density at radius 1 is 1.21 bits per heavy atom. The summed E-state index contributed by atoms with van der Waals surface area (Å²) in [5, 5.41) is 3.94. The summed E-state index contributed by atoms with van der Waals surface area (Å²) < 4.78 is 6.50. The van der Waals surface area contributed by atoms with Gasteiger partial charge in [0.1, 0.15) is 5.82 Å². The number of piperidine rings is 1. The SMILES string of the molecule is CCOC(=O)N1CCC(NC(=O)CSc2nc3ccccc3c(=O)n2-c2cc(C)ccn2)CC1. The summed E-state index contributed by atoms with van der Waals surface area (Å²) in [6, 6.07) is 10.8. The molecule has 4 rings (SSSR count). The Morgan fingerprint density at radius 3 is 2.71 bits per heavy atom. The van der Waals surface area contributed by atoms with Crippen LogP contribution in [0.4, 0.5) is 4.79 Å². The summed E-state index contributed by atoms with van der Waals surface area (Å²) in [7, 11) is 0. The zero-order chi connectivity index (χ0) is 24.1. The summed E-state index contributed by atoms with van der Waals surface area (Å²) in [6.45, 7) is 5.14. The number of aromatic nitrogens is 3. The molecule has 1 saturated heterocycles. The van der Waals surface area contributed by atoms with Gasteiger partial charge in [-0.15, -0.1) is 0 Å². The Hall–Kier alpha value is -3.40. The maximum Gasteiger partial charge on any atom is 0.409 e. The highest BCUT2D eigenvalue weighted by molar-refractivity contribution is 7.99. The molecule has 2 aromatic heterocycles. The van der Waals surface area contributed by atoms with Crippen molar-refractivity contribution in [1.29, 1.82) is 0 Å². The summed E-state index contributed by atoms with van der Waals surface area (Å²) in [6.07, 6.45) is 2.67. The lowest BCUT2D eigenvalue weighted by atomic mass is 10.1. The summed E-state index contributed by atoms with van der Waals surface area (Å²) in [5.74, 6) is 0.428. The van der Waals surface area contributed by atoms with Crippen molar-refractivity contribution in [2.45, 2.75) is 37.9 Å². The van der Waals surface area contributed by atoms with Crippen molar-refractivity contribution in [3.63, 3.8) is 0 Å². The molecule has 0 radical (unpaired) electrons. The fourth-order valence-corrected chi connectivity index (χ4v) is 4.69. The van der Waals surface area contributed by atoms with Crippen LogP contribution in [0.25, 0.3) is 16.7 Å². The van der Waals surface area contributed by atoms with E-state index < -0.39 is 0 Å². The number of nitrogens with zero attached hydrogens (tertiary/aromatic N) is 4. The minimum atomic E-state index is -0.312. The van der Waals surface area contributed by atoms with Gasteiger partial charge in [-0.25, -0.2) is 19.3 Å². The predicted molar refractivity (Wildman–Crippen MR) is 130 cm³/mol. The molecule has 1 aliphatic rings. The number of aryl methyl sites for hydroxylation is 1. The number of likely N-dealkylation sites (tertiary alicyclic amines) is 1. The van der Waals surface area contributed by atoms with Gasteiger partial charge in [0.2, 0.25) is 5.91 Å². The first-order chi connectivity index (χ1) is 16.5. The number of fused-ring (bicyclic) bond motifs is 1. The quantitative estimate of drug-likeness (QED) is 0.426. The van der Waals surface area contributed by atoms with Gasteiger partial charge in [0, 0.05) is 25.3 Å². The van der Waals surface area contributed by atoms with Gasteiger partial charge in [-0.05, 0) is 56.5 Å². The average Bonchev–Trinajstić information content (AvgIpc) is 2.83. The number of hydrogen-bond donors (Lipinski definition) is 1. The van der Waals surface area contributed by atoms with E-state index in [2.05, 4.69) is 15.3 Å². The lowest BCUT2D eigenvalue weighted by Crippen LogP contribution is -2.47. The van der Waals surface area contributed by atoms with Crippen LogP contribution in [0.5, 0.6) is 0 Å². The molecule has 1 fully saturated rings. The maximum atomic E-state index is 13.3. The van der Waals surface area contributed by atoms with Crippen molar-refractivity contribution in [2.75, 3.05) is 25.4 Å². The lowest BCUT2D eigenvalue weighted by Gasteiger charge is -2.31. The topological polar surface area (TPSA) is 106 Å². The molecule has 1 aromatic carbocycles. The van der Waals surface area contributed by atoms with Crippen LogP contribution >= 0.6 is 11.8 Å². The van der Waals surface area contributed by atoms with Gasteiger partial charge >= 0.3 is 6.09 Å². The molecular formula is C24H27N5O4S. The molecule has 0 aliphatic carbocycles. The zero-order valence-electron chi connectivity index (χ0n) is 19.2. The van der Waals surface area contributed by atoms with Crippen LogP contribution in [0, 0.1) is 6.92 Å². The summed E-state index contributed by atoms with van der Waals surface area (Å²) in [5.41, 5.74) is 1.32. The molecule has 178 valence electrons. The van der Waals surface area contributed by atoms with Crippen molar-refractivity contribution in [3.05, 3.63) is 58.5 Å². The van der Waals surface area contributed by atoms with E-state index in [1.54, 1.807) is 36.2 Å². The van der Waals surface area contributed by atoms with Crippen molar-refractivity contribution in [3.8, 4) is 5.82 Å². The van der Waals surface area contributed by atoms with Crippen LogP contribution in [0.2, 0.25) is 0 Å². The number of pyridine rings is 1. The molecule has 0 atom stereocenters. The Labute approximate surface area is 201 Å². The van der Waals surface area contributed by atoms with Gasteiger partial charge in [0.25, 0.3) is 5.56 Å². The second-order valence-electron chi connectivity index (χ2n) is 8.06. The molecule has 3 aromatic rings. The zero-order valence-corrected chi connectivity index (χ0v) is 20.0. The van der Waals surface area contributed by atoms with Gasteiger partial charge < -0.3 is 15.0 Å². The molecule has 0 spiro atoms. The highest BCUT2D eigenvalue weighted by Crippen LogP contribution is 2.21. The molecule has 0 saturated carbocycles. The molecular weight excluding hydrogens is 454 g/mol. The van der Waals surface area contributed by atoms with Gasteiger partial charge in [0.15, 0.2) is 5.16 Å². The second-order valence-corrected chi connectivity index (χ2v) is 9.00. The number of hydrogen-bond acceptors (Lipinski definition) is 7. The van der Waals surface area contributed by atoms with E-state index >= 15 is 0 Å². The third-order valence-corrected chi connectivity index (χ3v) is 6.53. The van der Waals surface area contributed by atoms with E-state index in [1.165, 1.54) is 16.3 Å². The molecule has 2 amide bonds. The molecule has 1 N–H and O–H groups in total. The van der Waals surface area contributed by atoms with E-state index in [0.29, 0.717) is 54.4 Å². The number of nitrogens with one attached hydrogen (secondary N) is 1. The van der Waals surface area contributed by atoms with Gasteiger partial charge in [-0.3, -0.25) is 9.59 Å². The number of thioether (sulfide) groups is 1. The molecule has 1 aliphatic heterocycles. The first-order valence-corrected chi connectivity index (χ1v) is 12.2. The van der Waals surface area contributed by atoms with E-state index in [0.717, 1.165) is 5.56 Å². The van der Waals surface area contributed by atoms with E-state index in [-0.39, 0.29) is 29.4 Å². The standard InChI is InChI=1S/C24H27N5O4S/c1-3-33-24(32)28-12-9-17(10-13-28)26-21(30)15-34-23-27-19-7-5-4-6-18(19)22(31)29(23)20-14-16(2)8-11-25-20/h4-8,11,14,17H,3,9-10,12-13,15H2,1-2H3,(H,26,30). The Morgan fingerprint density at radius 2 is 1.97 bits per heavy atom. The Kier molecular flexibility index (Phi) is 7.46. The van der Waals surface area contributed by atoms with Crippen molar-refractivity contribution >= 4 is 34.7 Å². The minimum absolute atomic E-state index is 0.0102. The number of rotatable bonds is 6.